The molecule has 0 bridgehead atoms. The number of sulfonamides is 1. The number of rotatable bonds is 14. The van der Waals surface area contributed by atoms with E-state index >= 15 is 0 Å². The van der Waals surface area contributed by atoms with Gasteiger partial charge in [0.05, 0.1) is 12.4 Å². The first-order valence-corrected chi connectivity index (χ1v) is 14.0. The quantitative estimate of drug-likeness (QED) is 0.263. The lowest BCUT2D eigenvalue weighted by Gasteiger charge is -2.19. The third kappa shape index (κ3) is 8.96. The molecule has 6 heteroatoms. The fourth-order valence-electron chi connectivity index (χ4n) is 3.90. The Bertz CT molecular complexity index is 1090. The molecule has 0 atom stereocenters. The van der Waals surface area contributed by atoms with Crippen molar-refractivity contribution in [1.29, 1.82) is 0 Å². The van der Waals surface area contributed by atoms with E-state index in [-0.39, 0.29) is 11.9 Å². The molecule has 0 saturated carbocycles. The van der Waals surface area contributed by atoms with Crippen LogP contribution in [0.2, 0.25) is 0 Å². The Balaban J connectivity index is 1.54. The van der Waals surface area contributed by atoms with E-state index in [2.05, 4.69) is 11.6 Å². The van der Waals surface area contributed by atoms with Crippen molar-refractivity contribution in [2.45, 2.75) is 58.2 Å². The molecule has 0 fully saturated rings. The second kappa shape index (κ2) is 13.8. The molecule has 3 aromatic rings. The summed E-state index contributed by atoms with van der Waals surface area (Å²) in [4.78, 5) is 12.5. The van der Waals surface area contributed by atoms with Crippen molar-refractivity contribution in [3.05, 3.63) is 107 Å². The maximum atomic E-state index is 12.5. The van der Waals surface area contributed by atoms with Gasteiger partial charge in [0.2, 0.25) is 10.0 Å². The molecule has 186 valence electrons. The Morgan fingerprint density at radius 1 is 0.771 bits per heavy atom. The van der Waals surface area contributed by atoms with Crippen LogP contribution >= 0.6 is 0 Å². The van der Waals surface area contributed by atoms with Gasteiger partial charge in [-0.05, 0) is 35.2 Å². The zero-order chi connectivity index (χ0) is 24.9. The van der Waals surface area contributed by atoms with Gasteiger partial charge in [0.15, 0.2) is 0 Å². The van der Waals surface area contributed by atoms with Crippen LogP contribution in [-0.4, -0.2) is 20.1 Å². The minimum absolute atomic E-state index is 0.0306. The van der Waals surface area contributed by atoms with Crippen LogP contribution in [0, 0.1) is 0 Å². The maximum Gasteiger partial charge on any atom is 0.264 e. The van der Waals surface area contributed by atoms with E-state index in [0.717, 1.165) is 42.4 Å². The van der Waals surface area contributed by atoms with Gasteiger partial charge >= 0.3 is 0 Å². The van der Waals surface area contributed by atoms with E-state index < -0.39 is 15.9 Å². The molecule has 3 aromatic carbocycles. The Morgan fingerprint density at radius 2 is 1.31 bits per heavy atom. The third-order valence-electron chi connectivity index (χ3n) is 5.85. The molecular formula is C29H35NO4S. The van der Waals surface area contributed by atoms with Gasteiger partial charge in [-0.15, -0.1) is 0 Å². The Labute approximate surface area is 209 Å². The number of unbranched alkanes of at least 4 members (excludes halogenated alkanes) is 5. The Kier molecular flexibility index (Phi) is 10.5. The van der Waals surface area contributed by atoms with Crippen LogP contribution in [-0.2, 0) is 21.4 Å². The van der Waals surface area contributed by atoms with Gasteiger partial charge in [0, 0.05) is 5.56 Å². The third-order valence-corrected chi connectivity index (χ3v) is 7.17. The normalized spacial score (nSPS) is 11.5. The van der Waals surface area contributed by atoms with Gasteiger partial charge in [-0.2, -0.15) is 0 Å². The standard InChI is InChI=1S/C29H35NO4S/c1-2-3-4-5-6-13-22-35(32,33)30-29(31)27-20-18-24(19-21-27)23-34-28(25-14-9-7-10-15-25)26-16-11-8-12-17-26/h7-12,14-21,28H,2-6,13,22-23H2,1H3,(H,30,31). The molecule has 0 unspecified atom stereocenters. The Hall–Kier alpha value is -2.96. The van der Waals surface area contributed by atoms with Crippen molar-refractivity contribution < 1.29 is 17.9 Å². The summed E-state index contributed by atoms with van der Waals surface area (Å²) in [5.74, 6) is -0.633. The number of carbonyl (C=O) groups is 1. The average molecular weight is 494 g/mol. The van der Waals surface area contributed by atoms with Crippen molar-refractivity contribution >= 4 is 15.9 Å². The first-order valence-electron chi connectivity index (χ1n) is 12.3. The molecule has 0 aliphatic carbocycles. The molecule has 0 aromatic heterocycles. The Morgan fingerprint density at radius 3 is 1.89 bits per heavy atom. The lowest BCUT2D eigenvalue weighted by Crippen LogP contribution is -2.32. The van der Waals surface area contributed by atoms with Crippen LogP contribution < -0.4 is 4.72 Å². The number of nitrogens with one attached hydrogen (secondary N) is 1. The van der Waals surface area contributed by atoms with Crippen LogP contribution in [0.4, 0.5) is 0 Å². The van der Waals surface area contributed by atoms with Gasteiger partial charge < -0.3 is 4.74 Å². The molecule has 0 spiro atoms. The van der Waals surface area contributed by atoms with Crippen LogP contribution in [0.15, 0.2) is 84.9 Å². The predicted octanol–water partition coefficient (Wildman–Crippen LogP) is 6.41. The van der Waals surface area contributed by atoms with Crippen LogP contribution in [0.25, 0.3) is 0 Å². The van der Waals surface area contributed by atoms with Gasteiger partial charge in [-0.25, -0.2) is 13.1 Å². The number of carbonyl (C=O) groups excluding carboxylic acids is 1. The van der Waals surface area contributed by atoms with Gasteiger partial charge in [-0.1, -0.05) is 112 Å². The SMILES string of the molecule is CCCCCCCCS(=O)(=O)NC(=O)c1ccc(COC(c2ccccc2)c2ccccc2)cc1. The second-order valence-corrected chi connectivity index (χ2v) is 10.6. The molecule has 1 amide bonds. The number of ether oxygens (including phenoxy) is 1. The van der Waals surface area contributed by atoms with E-state index in [1.54, 1.807) is 24.3 Å². The second-order valence-electron chi connectivity index (χ2n) is 8.73. The smallest absolute Gasteiger partial charge is 0.264 e. The summed E-state index contributed by atoms with van der Waals surface area (Å²) in [5, 5.41) is 0. The molecule has 0 heterocycles. The van der Waals surface area contributed by atoms with E-state index in [1.807, 2.05) is 60.7 Å². The summed E-state index contributed by atoms with van der Waals surface area (Å²) in [6, 6.07) is 26.9. The summed E-state index contributed by atoms with van der Waals surface area (Å²) in [6.07, 6.45) is 5.67. The molecule has 3 rings (SSSR count). The topological polar surface area (TPSA) is 72.5 Å². The number of benzene rings is 3. The van der Waals surface area contributed by atoms with Crippen LogP contribution in [0.3, 0.4) is 0 Å². The molecular weight excluding hydrogens is 458 g/mol. The molecule has 35 heavy (non-hydrogen) atoms. The highest BCUT2D eigenvalue weighted by atomic mass is 32.2. The monoisotopic (exact) mass is 493 g/mol. The fraction of sp³-hybridized carbons (Fsp3) is 0.345. The summed E-state index contributed by atoms with van der Waals surface area (Å²) >= 11 is 0. The highest BCUT2D eigenvalue weighted by molar-refractivity contribution is 7.90. The highest BCUT2D eigenvalue weighted by Gasteiger charge is 2.17. The van der Waals surface area contributed by atoms with Crippen LogP contribution in [0.1, 0.15) is 78.6 Å². The first kappa shape index (κ1) is 26.6. The largest absolute Gasteiger partial charge is 0.364 e. The minimum Gasteiger partial charge on any atom is -0.364 e. The number of hydrogen-bond acceptors (Lipinski definition) is 4. The maximum absolute atomic E-state index is 12.5. The average Bonchev–Trinajstić information content (AvgIpc) is 2.87. The zero-order valence-corrected chi connectivity index (χ0v) is 21.2. The molecule has 0 aliphatic heterocycles. The van der Waals surface area contributed by atoms with Crippen molar-refractivity contribution in [3.8, 4) is 0 Å². The minimum atomic E-state index is -3.64. The summed E-state index contributed by atoms with van der Waals surface area (Å²) < 4.78 is 33.0. The summed E-state index contributed by atoms with van der Waals surface area (Å²) in [7, 11) is -3.64. The van der Waals surface area contributed by atoms with Crippen molar-refractivity contribution in [2.24, 2.45) is 0 Å². The fourth-order valence-corrected chi connectivity index (χ4v) is 4.98. The molecule has 0 aliphatic rings. The van der Waals surface area contributed by atoms with E-state index in [0.29, 0.717) is 18.6 Å². The van der Waals surface area contributed by atoms with Gasteiger partial charge in [0.1, 0.15) is 6.10 Å². The van der Waals surface area contributed by atoms with Crippen molar-refractivity contribution in [3.63, 3.8) is 0 Å². The summed E-state index contributed by atoms with van der Waals surface area (Å²) in [6.45, 7) is 2.50. The van der Waals surface area contributed by atoms with E-state index in [4.69, 9.17) is 4.74 Å². The first-order chi connectivity index (χ1) is 17.0. The highest BCUT2D eigenvalue weighted by Crippen LogP contribution is 2.27. The molecule has 0 saturated heterocycles. The lowest BCUT2D eigenvalue weighted by atomic mass is 10.0. The summed E-state index contributed by atoms with van der Waals surface area (Å²) in [5.41, 5.74) is 3.33. The van der Waals surface area contributed by atoms with Crippen LogP contribution in [0.5, 0.6) is 0 Å². The number of amides is 1. The predicted molar refractivity (Wildman–Crippen MR) is 141 cm³/mol. The molecule has 5 nitrogen and oxygen atoms in total. The molecule has 1 N–H and O–H groups in total. The number of hydrogen-bond donors (Lipinski definition) is 1. The van der Waals surface area contributed by atoms with E-state index in [9.17, 15) is 13.2 Å². The zero-order valence-electron chi connectivity index (χ0n) is 20.4. The van der Waals surface area contributed by atoms with Gasteiger partial charge in [0.25, 0.3) is 5.91 Å². The van der Waals surface area contributed by atoms with Crippen molar-refractivity contribution in [2.75, 3.05) is 5.75 Å². The van der Waals surface area contributed by atoms with Gasteiger partial charge in [-0.3, -0.25) is 4.79 Å². The van der Waals surface area contributed by atoms with E-state index in [1.165, 1.54) is 6.42 Å². The lowest BCUT2D eigenvalue weighted by molar-refractivity contribution is 0.0667. The van der Waals surface area contributed by atoms with Crippen molar-refractivity contribution in [1.82, 2.24) is 4.72 Å². The molecule has 0 radical (unpaired) electrons.